The van der Waals surface area contributed by atoms with Crippen molar-refractivity contribution in [3.05, 3.63) is 56.7 Å². The van der Waals surface area contributed by atoms with Crippen molar-refractivity contribution in [3.8, 4) is 11.5 Å². The van der Waals surface area contributed by atoms with E-state index in [4.69, 9.17) is 5.10 Å². The fraction of sp³-hybridized carbons (Fsp3) is 0.517. The maximum Gasteiger partial charge on any atom is 0.333 e. The number of hydrogen-bond acceptors (Lipinski definition) is 7. The van der Waals surface area contributed by atoms with Crippen LogP contribution in [0.4, 0.5) is 10.2 Å². The number of pyridine rings is 1. The van der Waals surface area contributed by atoms with E-state index in [0.717, 1.165) is 38.8 Å². The zero-order valence-electron chi connectivity index (χ0n) is 24.1. The van der Waals surface area contributed by atoms with E-state index in [0.29, 0.717) is 55.6 Å². The van der Waals surface area contributed by atoms with Crippen LogP contribution >= 0.6 is 0 Å². The number of likely N-dealkylation sites (tertiary alicyclic amines) is 1. The van der Waals surface area contributed by atoms with Crippen molar-refractivity contribution in [2.45, 2.75) is 71.5 Å². The molecule has 0 atom stereocenters. The number of halogens is 1. The lowest BCUT2D eigenvalue weighted by Gasteiger charge is -2.30. The second kappa shape index (κ2) is 11.6. The number of fused-ring (bicyclic) bond motifs is 1. The summed E-state index contributed by atoms with van der Waals surface area (Å²) in [5, 5.41) is 4.74. The number of amides is 1. The Balaban J connectivity index is 1.41. The minimum atomic E-state index is -0.653. The molecule has 1 N–H and O–H groups in total. The van der Waals surface area contributed by atoms with Crippen LogP contribution in [-0.4, -0.2) is 70.9 Å². The van der Waals surface area contributed by atoms with Gasteiger partial charge in [-0.2, -0.15) is 9.49 Å². The van der Waals surface area contributed by atoms with Gasteiger partial charge >= 0.3 is 5.69 Å². The lowest BCUT2D eigenvalue weighted by atomic mass is 10.1. The predicted molar refractivity (Wildman–Crippen MR) is 156 cm³/mol. The van der Waals surface area contributed by atoms with Crippen LogP contribution in [0.3, 0.4) is 0 Å². The monoisotopic (exact) mass is 577 g/mol. The smallest absolute Gasteiger partial charge is 0.331 e. The summed E-state index contributed by atoms with van der Waals surface area (Å²) in [7, 11) is 0. The van der Waals surface area contributed by atoms with Gasteiger partial charge in [0.1, 0.15) is 17.0 Å². The van der Waals surface area contributed by atoms with Crippen LogP contribution in [0.25, 0.3) is 22.7 Å². The van der Waals surface area contributed by atoms with Crippen LogP contribution in [-0.2, 0) is 13.1 Å². The summed E-state index contributed by atoms with van der Waals surface area (Å²) in [6.07, 6.45) is 7.04. The zero-order chi connectivity index (χ0) is 29.4. The van der Waals surface area contributed by atoms with E-state index >= 15 is 0 Å². The minimum Gasteiger partial charge on any atom is -0.331 e. The number of anilines is 1. The van der Waals surface area contributed by atoms with E-state index < -0.39 is 5.95 Å². The minimum absolute atomic E-state index is 0.0735. The molecular formula is C29H36FN9O3. The maximum absolute atomic E-state index is 13.8. The summed E-state index contributed by atoms with van der Waals surface area (Å²) < 4.78 is 18.2. The van der Waals surface area contributed by atoms with Gasteiger partial charge < -0.3 is 9.88 Å². The number of aromatic amines is 1. The molecule has 2 fully saturated rings. The largest absolute Gasteiger partial charge is 0.333 e. The highest BCUT2D eigenvalue weighted by Crippen LogP contribution is 2.33. The summed E-state index contributed by atoms with van der Waals surface area (Å²) in [6, 6.07) is 4.31. The van der Waals surface area contributed by atoms with Crippen molar-refractivity contribution in [2.75, 3.05) is 31.1 Å². The molecule has 0 aromatic carbocycles. The molecule has 4 aromatic heterocycles. The number of nitrogens with one attached hydrogen (secondary N) is 1. The van der Waals surface area contributed by atoms with Gasteiger partial charge in [-0.3, -0.25) is 23.6 Å². The molecule has 1 amide bonds. The van der Waals surface area contributed by atoms with Crippen molar-refractivity contribution < 1.29 is 9.18 Å². The van der Waals surface area contributed by atoms with Crippen molar-refractivity contribution in [2.24, 2.45) is 0 Å². The number of hydrogen-bond donors (Lipinski definition) is 1. The quantitative estimate of drug-likeness (QED) is 0.287. The average Bonchev–Trinajstić information content (AvgIpc) is 3.57. The van der Waals surface area contributed by atoms with Gasteiger partial charge in [0, 0.05) is 44.5 Å². The standard InChI is InChI=1S/C29H36FN9O3/c1-3-12-37-26-24(28(41)39(29(37)42)20-9-10-20)32-25(33-26)21-17-23(38(4-2)34-21)36(16-15-35-13-6-5-7-14-35)27(40)19-8-11-22(30)31-18-19/h8,11,17-18,20H,3-7,9-10,12-16H2,1-2H3,(H,32,33). The lowest BCUT2D eigenvalue weighted by molar-refractivity contribution is 0.0980. The van der Waals surface area contributed by atoms with E-state index in [1.165, 1.54) is 29.3 Å². The molecule has 5 heterocycles. The first kappa shape index (κ1) is 28.0. The number of aryl methyl sites for hydroxylation is 2. The summed E-state index contributed by atoms with van der Waals surface area (Å²) in [4.78, 5) is 55.9. The second-order valence-corrected chi connectivity index (χ2v) is 11.1. The van der Waals surface area contributed by atoms with Crippen LogP contribution in [0.1, 0.15) is 68.8 Å². The number of H-pyrrole nitrogens is 1. The summed E-state index contributed by atoms with van der Waals surface area (Å²) in [5.41, 5.74) is 0.588. The third-order valence-electron chi connectivity index (χ3n) is 8.05. The fourth-order valence-corrected chi connectivity index (χ4v) is 5.71. The number of rotatable bonds is 10. The van der Waals surface area contributed by atoms with E-state index in [-0.39, 0.29) is 34.3 Å². The van der Waals surface area contributed by atoms with Gasteiger partial charge in [0.15, 0.2) is 11.5 Å². The molecule has 0 bridgehead atoms. The topological polar surface area (TPSA) is 127 Å². The third kappa shape index (κ3) is 5.28. The van der Waals surface area contributed by atoms with Crippen molar-refractivity contribution >= 4 is 22.9 Å². The molecule has 12 nitrogen and oxygen atoms in total. The second-order valence-electron chi connectivity index (χ2n) is 11.1. The van der Waals surface area contributed by atoms with Gasteiger partial charge in [0.25, 0.3) is 11.5 Å². The van der Waals surface area contributed by atoms with Crippen LogP contribution in [0, 0.1) is 5.95 Å². The van der Waals surface area contributed by atoms with Gasteiger partial charge in [-0.15, -0.1) is 0 Å². The van der Waals surface area contributed by atoms with Crippen LogP contribution < -0.4 is 16.1 Å². The maximum atomic E-state index is 13.8. The number of piperidine rings is 1. The SMILES string of the molecule is CCCn1c(=O)n(C2CC2)c(=O)c2[nH]c(-c3cc(N(CCN4CCCCC4)C(=O)c4ccc(F)nc4)n(CC)n3)nc21. The number of carbonyl (C=O) groups is 1. The predicted octanol–water partition coefficient (Wildman–Crippen LogP) is 3.18. The first-order chi connectivity index (χ1) is 20.4. The molecule has 13 heteroatoms. The van der Waals surface area contributed by atoms with Gasteiger partial charge in [-0.05, 0) is 64.3 Å². The van der Waals surface area contributed by atoms with Crippen molar-refractivity contribution in [3.63, 3.8) is 0 Å². The van der Waals surface area contributed by atoms with E-state index in [1.807, 2.05) is 13.8 Å². The first-order valence-corrected chi connectivity index (χ1v) is 14.9. The van der Waals surface area contributed by atoms with Gasteiger partial charge in [0.05, 0.1) is 5.56 Å². The highest BCUT2D eigenvalue weighted by molar-refractivity contribution is 6.05. The van der Waals surface area contributed by atoms with Crippen molar-refractivity contribution in [1.29, 1.82) is 0 Å². The number of carbonyl (C=O) groups excluding carboxylic acids is 1. The van der Waals surface area contributed by atoms with Gasteiger partial charge in [-0.25, -0.2) is 19.4 Å². The number of aromatic nitrogens is 7. The number of nitrogens with zero attached hydrogens (tertiary/aromatic N) is 8. The number of imidazole rings is 1. The van der Waals surface area contributed by atoms with E-state index in [9.17, 15) is 18.8 Å². The average molecular weight is 578 g/mol. The van der Waals surface area contributed by atoms with Gasteiger partial charge in [-0.1, -0.05) is 13.3 Å². The summed E-state index contributed by atoms with van der Waals surface area (Å²) in [5.74, 6) is -0.0604. The molecule has 0 radical (unpaired) electrons. The highest BCUT2D eigenvalue weighted by Gasteiger charge is 2.30. The zero-order valence-corrected chi connectivity index (χ0v) is 24.1. The Labute approximate surface area is 241 Å². The van der Waals surface area contributed by atoms with E-state index in [1.54, 1.807) is 20.2 Å². The molecular weight excluding hydrogens is 541 g/mol. The van der Waals surface area contributed by atoms with Gasteiger partial charge in [0.2, 0.25) is 5.95 Å². The summed E-state index contributed by atoms with van der Waals surface area (Å²) in [6.45, 7) is 7.86. The Morgan fingerprint density at radius 2 is 1.90 bits per heavy atom. The Bertz CT molecular complexity index is 1710. The lowest BCUT2D eigenvalue weighted by Crippen LogP contribution is -2.41. The van der Waals surface area contributed by atoms with Crippen LogP contribution in [0.2, 0.25) is 0 Å². The first-order valence-electron chi connectivity index (χ1n) is 14.9. The van der Waals surface area contributed by atoms with E-state index in [2.05, 4.69) is 19.9 Å². The highest BCUT2D eigenvalue weighted by atomic mass is 19.1. The summed E-state index contributed by atoms with van der Waals surface area (Å²) >= 11 is 0. The molecule has 0 spiro atoms. The van der Waals surface area contributed by atoms with Crippen LogP contribution in [0.5, 0.6) is 0 Å². The van der Waals surface area contributed by atoms with Crippen LogP contribution in [0.15, 0.2) is 34.0 Å². The van der Waals surface area contributed by atoms with Crippen molar-refractivity contribution in [1.82, 2.24) is 38.8 Å². The Morgan fingerprint density at radius 3 is 2.57 bits per heavy atom. The molecule has 6 rings (SSSR count). The molecule has 0 unspecified atom stereocenters. The molecule has 42 heavy (non-hydrogen) atoms. The molecule has 2 aliphatic rings. The Kier molecular flexibility index (Phi) is 7.76. The molecule has 1 aliphatic heterocycles. The third-order valence-corrected chi connectivity index (χ3v) is 8.05. The normalized spacial score (nSPS) is 15.9. The fourth-order valence-electron chi connectivity index (χ4n) is 5.71. The molecule has 4 aromatic rings. The molecule has 1 aliphatic carbocycles. The Morgan fingerprint density at radius 1 is 1.12 bits per heavy atom. The molecule has 1 saturated carbocycles. The molecule has 222 valence electrons. The molecule has 1 saturated heterocycles. The Hall–Kier alpha value is -4.13.